The fourth-order valence-electron chi connectivity index (χ4n) is 4.32. The number of halogens is 1. The second-order valence-corrected chi connectivity index (χ2v) is 8.50. The Morgan fingerprint density at radius 3 is 2.62 bits per heavy atom. The lowest BCUT2D eigenvalue weighted by molar-refractivity contribution is 0.104. The summed E-state index contributed by atoms with van der Waals surface area (Å²) in [6.07, 6.45) is 4.05. The van der Waals surface area contributed by atoms with Crippen LogP contribution >= 0.6 is 11.6 Å². The highest BCUT2D eigenvalue weighted by Crippen LogP contribution is 2.31. The van der Waals surface area contributed by atoms with Gasteiger partial charge in [-0.3, -0.25) is 9.59 Å². The van der Waals surface area contributed by atoms with Crippen LogP contribution in [0.2, 0.25) is 5.02 Å². The Morgan fingerprint density at radius 2 is 1.82 bits per heavy atom. The molecule has 0 amide bonds. The number of para-hydroxylation sites is 2. The Balaban J connectivity index is 1.67. The molecule has 0 radical (unpaired) electrons. The minimum atomic E-state index is -0.439. The maximum absolute atomic E-state index is 13.5. The molecule has 3 aromatic carbocycles. The SMILES string of the molecule is CCCn1c(/C=C/C(=O)c2c(-c3ccccc3)c3cc(Cl)ccc3[nH]c2=O)nc2ccccc21. The molecule has 0 aliphatic heterocycles. The van der Waals surface area contributed by atoms with Gasteiger partial charge in [0.1, 0.15) is 5.82 Å². The van der Waals surface area contributed by atoms with Gasteiger partial charge >= 0.3 is 0 Å². The van der Waals surface area contributed by atoms with Crippen LogP contribution in [0, 0.1) is 0 Å². The number of carbonyl (C=O) groups excluding carboxylic acids is 1. The second kappa shape index (κ2) is 9.12. The molecule has 0 aliphatic rings. The van der Waals surface area contributed by atoms with Crippen molar-refractivity contribution in [3.8, 4) is 11.1 Å². The molecule has 0 fully saturated rings. The van der Waals surface area contributed by atoms with Gasteiger partial charge in [-0.2, -0.15) is 0 Å². The van der Waals surface area contributed by atoms with Crippen molar-refractivity contribution in [1.82, 2.24) is 14.5 Å². The minimum absolute atomic E-state index is 0.0790. The summed E-state index contributed by atoms with van der Waals surface area (Å²) in [5.41, 5.74) is 3.49. The van der Waals surface area contributed by atoms with Gasteiger partial charge in [-0.1, -0.05) is 61.0 Å². The molecule has 0 aliphatic carbocycles. The summed E-state index contributed by atoms with van der Waals surface area (Å²) in [7, 11) is 0. The van der Waals surface area contributed by atoms with Crippen LogP contribution in [0.25, 0.3) is 39.1 Å². The first-order chi connectivity index (χ1) is 16.6. The molecule has 2 heterocycles. The van der Waals surface area contributed by atoms with Crippen molar-refractivity contribution in [1.29, 1.82) is 0 Å². The number of carbonyl (C=O) groups is 1. The number of pyridine rings is 1. The maximum Gasteiger partial charge on any atom is 0.260 e. The quantitative estimate of drug-likeness (QED) is 0.229. The topological polar surface area (TPSA) is 67.8 Å². The number of nitrogens with zero attached hydrogens (tertiary/aromatic N) is 2. The van der Waals surface area contributed by atoms with E-state index in [0.29, 0.717) is 27.3 Å². The third kappa shape index (κ3) is 3.95. The van der Waals surface area contributed by atoms with Crippen LogP contribution in [-0.4, -0.2) is 20.3 Å². The van der Waals surface area contributed by atoms with Gasteiger partial charge in [0.05, 0.1) is 16.6 Å². The molecule has 5 aromatic rings. The van der Waals surface area contributed by atoms with Gasteiger partial charge in [-0.05, 0) is 54.5 Å². The lowest BCUT2D eigenvalue weighted by Crippen LogP contribution is -2.18. The van der Waals surface area contributed by atoms with E-state index in [1.165, 1.54) is 6.08 Å². The van der Waals surface area contributed by atoms with E-state index in [-0.39, 0.29) is 5.56 Å². The minimum Gasteiger partial charge on any atom is -0.324 e. The first-order valence-electron chi connectivity index (χ1n) is 11.2. The molecule has 1 N–H and O–H groups in total. The largest absolute Gasteiger partial charge is 0.324 e. The molecule has 5 nitrogen and oxygen atoms in total. The summed E-state index contributed by atoms with van der Waals surface area (Å²) in [5.74, 6) is 0.287. The first-order valence-corrected chi connectivity index (χ1v) is 11.5. The average molecular weight is 468 g/mol. The molecule has 2 aromatic heterocycles. The Morgan fingerprint density at radius 1 is 1.06 bits per heavy atom. The zero-order valence-electron chi connectivity index (χ0n) is 18.6. The van der Waals surface area contributed by atoms with E-state index in [1.807, 2.05) is 54.6 Å². The Bertz CT molecular complexity index is 1610. The zero-order chi connectivity index (χ0) is 23.7. The number of hydrogen-bond donors (Lipinski definition) is 1. The number of imidazole rings is 1. The maximum atomic E-state index is 13.5. The molecule has 0 bridgehead atoms. The molecule has 168 valence electrons. The lowest BCUT2D eigenvalue weighted by Gasteiger charge is -2.12. The number of benzene rings is 3. The average Bonchev–Trinajstić information content (AvgIpc) is 3.20. The van der Waals surface area contributed by atoms with E-state index >= 15 is 0 Å². The predicted molar refractivity (Wildman–Crippen MR) is 138 cm³/mol. The zero-order valence-corrected chi connectivity index (χ0v) is 19.3. The number of hydrogen-bond acceptors (Lipinski definition) is 3. The van der Waals surface area contributed by atoms with Gasteiger partial charge in [0.2, 0.25) is 0 Å². The van der Waals surface area contributed by atoms with Crippen LogP contribution in [0.5, 0.6) is 0 Å². The van der Waals surface area contributed by atoms with Crippen molar-refractivity contribution >= 4 is 45.4 Å². The van der Waals surface area contributed by atoms with Crippen LogP contribution in [-0.2, 0) is 6.54 Å². The standard InChI is InChI=1S/C28H22ClN3O2/c1-2-16-32-23-11-7-6-10-22(23)30-25(32)15-14-24(33)27-26(18-8-4-3-5-9-18)20-17-19(29)12-13-21(20)31-28(27)34/h3-15,17H,2,16H2,1H3,(H,31,34)/b15-14+. The molecule has 0 saturated heterocycles. The van der Waals surface area contributed by atoms with Gasteiger partial charge in [-0.15, -0.1) is 0 Å². The molecule has 0 atom stereocenters. The number of nitrogens with one attached hydrogen (secondary N) is 1. The molecule has 34 heavy (non-hydrogen) atoms. The second-order valence-electron chi connectivity index (χ2n) is 8.07. The van der Waals surface area contributed by atoms with Crippen LogP contribution in [0.3, 0.4) is 0 Å². The third-order valence-electron chi connectivity index (χ3n) is 5.80. The molecule has 0 saturated carbocycles. The summed E-state index contributed by atoms with van der Waals surface area (Å²) >= 11 is 6.27. The molecule has 6 heteroatoms. The Kier molecular flexibility index (Phi) is 5.86. The van der Waals surface area contributed by atoms with Crippen molar-refractivity contribution in [2.24, 2.45) is 0 Å². The number of H-pyrrole nitrogens is 1. The summed E-state index contributed by atoms with van der Waals surface area (Å²) in [6, 6.07) is 22.5. The van der Waals surface area contributed by atoms with Crippen LogP contribution in [0.1, 0.15) is 29.5 Å². The molecular weight excluding hydrogens is 446 g/mol. The number of fused-ring (bicyclic) bond motifs is 2. The predicted octanol–water partition coefficient (Wildman–Crippen LogP) is 6.50. The summed E-state index contributed by atoms with van der Waals surface area (Å²) in [6.45, 7) is 2.87. The number of allylic oxidation sites excluding steroid dienone is 1. The van der Waals surface area contributed by atoms with E-state index in [4.69, 9.17) is 11.6 Å². The van der Waals surface area contributed by atoms with Crippen LogP contribution in [0.4, 0.5) is 0 Å². The van der Waals surface area contributed by atoms with Crippen molar-refractivity contribution in [2.45, 2.75) is 19.9 Å². The fraction of sp³-hybridized carbons (Fsp3) is 0.107. The van der Waals surface area contributed by atoms with Gasteiger partial charge < -0.3 is 9.55 Å². The normalized spacial score (nSPS) is 11.6. The smallest absolute Gasteiger partial charge is 0.260 e. The van der Waals surface area contributed by atoms with Crippen molar-refractivity contribution < 1.29 is 4.79 Å². The molecule has 0 unspecified atom stereocenters. The van der Waals surface area contributed by atoms with Crippen LogP contribution in [0.15, 0.2) is 83.7 Å². The van der Waals surface area contributed by atoms with E-state index < -0.39 is 11.3 Å². The first kappa shape index (κ1) is 21.9. The van der Waals surface area contributed by atoms with Gasteiger partial charge in [0, 0.05) is 28.0 Å². The highest BCUT2D eigenvalue weighted by atomic mass is 35.5. The van der Waals surface area contributed by atoms with Crippen molar-refractivity contribution in [2.75, 3.05) is 0 Å². The van der Waals surface area contributed by atoms with Gasteiger partial charge in [0.25, 0.3) is 5.56 Å². The third-order valence-corrected chi connectivity index (χ3v) is 6.04. The van der Waals surface area contributed by atoms with E-state index in [1.54, 1.807) is 24.3 Å². The number of aromatic amines is 1. The van der Waals surface area contributed by atoms with Crippen molar-refractivity contribution in [3.05, 3.63) is 106 Å². The number of aryl methyl sites for hydroxylation is 1. The van der Waals surface area contributed by atoms with E-state index in [9.17, 15) is 9.59 Å². The Labute approximate surface area is 201 Å². The molecule has 5 rings (SSSR count). The summed E-state index contributed by atoms with van der Waals surface area (Å²) < 4.78 is 2.08. The highest BCUT2D eigenvalue weighted by Gasteiger charge is 2.20. The van der Waals surface area contributed by atoms with Crippen LogP contribution < -0.4 is 5.56 Å². The fourth-order valence-corrected chi connectivity index (χ4v) is 4.49. The monoisotopic (exact) mass is 467 g/mol. The summed E-state index contributed by atoms with van der Waals surface area (Å²) in [4.78, 5) is 34.1. The highest BCUT2D eigenvalue weighted by molar-refractivity contribution is 6.31. The van der Waals surface area contributed by atoms with Gasteiger partial charge in [-0.25, -0.2) is 4.98 Å². The van der Waals surface area contributed by atoms with E-state index in [2.05, 4.69) is 21.5 Å². The lowest BCUT2D eigenvalue weighted by atomic mass is 9.94. The number of rotatable bonds is 6. The van der Waals surface area contributed by atoms with Crippen molar-refractivity contribution in [3.63, 3.8) is 0 Å². The molecule has 0 spiro atoms. The van der Waals surface area contributed by atoms with E-state index in [0.717, 1.165) is 29.6 Å². The van der Waals surface area contributed by atoms with Gasteiger partial charge in [0.15, 0.2) is 5.78 Å². The molecular formula is C28H22ClN3O2. The summed E-state index contributed by atoms with van der Waals surface area (Å²) in [5, 5.41) is 1.24. The number of ketones is 1. The Hall–Kier alpha value is -3.96. The number of aromatic nitrogens is 3.